The zero-order valence-electron chi connectivity index (χ0n) is 13.4. The topological polar surface area (TPSA) is 93.3 Å². The number of aromatic nitrogens is 2. The van der Waals surface area contributed by atoms with E-state index in [0.717, 1.165) is 19.4 Å². The minimum atomic E-state index is -0.471. The molecule has 1 fully saturated rings. The predicted molar refractivity (Wildman–Crippen MR) is 88.2 cm³/mol. The Morgan fingerprint density at radius 2 is 2.33 bits per heavy atom. The molecule has 8 heteroatoms. The van der Waals surface area contributed by atoms with Crippen molar-refractivity contribution in [3.05, 3.63) is 52.6 Å². The average Bonchev–Trinajstić information content (AvgIpc) is 3.25. The highest BCUT2D eigenvalue weighted by atomic mass is 16.6. The van der Waals surface area contributed by atoms with E-state index in [-0.39, 0.29) is 17.6 Å². The molecular weight excluding hydrogens is 310 g/mol. The van der Waals surface area contributed by atoms with Gasteiger partial charge in [-0.1, -0.05) is 0 Å². The maximum absolute atomic E-state index is 12.8. The number of nitrogens with one attached hydrogen (secondary N) is 1. The molecule has 1 unspecified atom stereocenters. The van der Waals surface area contributed by atoms with Gasteiger partial charge >= 0.3 is 0 Å². The molecule has 2 aromatic rings. The summed E-state index contributed by atoms with van der Waals surface area (Å²) in [5.41, 5.74) is 0.624. The SMILES string of the molecule is CNCC1CCCN1C(=O)c1ccc(-n2ccnc2)c([N+](=O)[O-])c1. The van der Waals surface area contributed by atoms with Crippen LogP contribution in [-0.4, -0.2) is 51.5 Å². The predicted octanol–water partition coefficient (Wildman–Crippen LogP) is 1.60. The third-order valence-corrected chi connectivity index (χ3v) is 4.28. The molecule has 126 valence electrons. The molecule has 0 aliphatic carbocycles. The number of nitro benzene ring substituents is 1. The first-order chi connectivity index (χ1) is 11.6. The number of likely N-dealkylation sites (N-methyl/N-ethyl adjacent to an activating group) is 1. The molecule has 2 heterocycles. The Labute approximate surface area is 139 Å². The molecule has 24 heavy (non-hydrogen) atoms. The minimum Gasteiger partial charge on any atom is -0.334 e. The highest BCUT2D eigenvalue weighted by molar-refractivity contribution is 5.95. The lowest BCUT2D eigenvalue weighted by Gasteiger charge is -2.24. The van der Waals surface area contributed by atoms with Crippen molar-refractivity contribution in [2.24, 2.45) is 0 Å². The summed E-state index contributed by atoms with van der Waals surface area (Å²) in [7, 11) is 1.85. The number of imidazole rings is 1. The molecule has 0 bridgehead atoms. The number of carbonyl (C=O) groups excluding carboxylic acids is 1. The van der Waals surface area contributed by atoms with Crippen LogP contribution < -0.4 is 5.32 Å². The normalized spacial score (nSPS) is 17.2. The first-order valence-corrected chi connectivity index (χ1v) is 7.84. The molecule has 1 N–H and O–H groups in total. The summed E-state index contributed by atoms with van der Waals surface area (Å²) in [5.74, 6) is -0.159. The first-order valence-electron chi connectivity index (χ1n) is 7.84. The van der Waals surface area contributed by atoms with Gasteiger partial charge in [0, 0.05) is 43.2 Å². The van der Waals surface area contributed by atoms with Crippen LogP contribution in [0.2, 0.25) is 0 Å². The monoisotopic (exact) mass is 329 g/mol. The fraction of sp³-hybridized carbons (Fsp3) is 0.375. The van der Waals surface area contributed by atoms with Gasteiger partial charge < -0.3 is 14.8 Å². The van der Waals surface area contributed by atoms with Gasteiger partial charge in [-0.15, -0.1) is 0 Å². The van der Waals surface area contributed by atoms with Crippen molar-refractivity contribution in [1.82, 2.24) is 19.8 Å². The van der Waals surface area contributed by atoms with Gasteiger partial charge in [-0.05, 0) is 32.0 Å². The minimum absolute atomic E-state index is 0.108. The number of hydrogen-bond acceptors (Lipinski definition) is 5. The average molecular weight is 329 g/mol. The van der Waals surface area contributed by atoms with Crippen LogP contribution in [0.4, 0.5) is 5.69 Å². The second-order valence-electron chi connectivity index (χ2n) is 5.78. The highest BCUT2D eigenvalue weighted by Gasteiger charge is 2.30. The molecule has 1 aliphatic rings. The van der Waals surface area contributed by atoms with Gasteiger partial charge in [-0.25, -0.2) is 4.98 Å². The number of amides is 1. The van der Waals surface area contributed by atoms with Crippen LogP contribution in [0.3, 0.4) is 0 Å². The standard InChI is InChI=1S/C16H19N5O3/c1-17-10-13-3-2-7-20(13)16(22)12-4-5-14(15(9-12)21(23)24)19-8-6-18-11-19/h4-6,8-9,11,13,17H,2-3,7,10H2,1H3. The number of nitro groups is 1. The van der Waals surface area contributed by atoms with E-state index in [9.17, 15) is 14.9 Å². The van der Waals surface area contributed by atoms with E-state index in [4.69, 9.17) is 0 Å². The Morgan fingerprint density at radius 3 is 3.00 bits per heavy atom. The molecular formula is C16H19N5O3. The van der Waals surface area contributed by atoms with Gasteiger partial charge in [0.15, 0.2) is 0 Å². The largest absolute Gasteiger partial charge is 0.334 e. The van der Waals surface area contributed by atoms with Gasteiger partial charge in [0.1, 0.15) is 5.69 Å². The van der Waals surface area contributed by atoms with E-state index in [0.29, 0.717) is 17.8 Å². The van der Waals surface area contributed by atoms with Gasteiger partial charge in [-0.3, -0.25) is 14.9 Å². The molecule has 0 saturated carbocycles. The lowest BCUT2D eigenvalue weighted by Crippen LogP contribution is -2.40. The highest BCUT2D eigenvalue weighted by Crippen LogP contribution is 2.26. The zero-order valence-corrected chi connectivity index (χ0v) is 13.4. The lowest BCUT2D eigenvalue weighted by atomic mass is 10.1. The van der Waals surface area contributed by atoms with E-state index < -0.39 is 4.92 Å². The van der Waals surface area contributed by atoms with E-state index in [1.807, 2.05) is 7.05 Å². The van der Waals surface area contributed by atoms with Crippen LogP contribution in [0.15, 0.2) is 36.9 Å². The lowest BCUT2D eigenvalue weighted by molar-refractivity contribution is -0.384. The summed E-state index contributed by atoms with van der Waals surface area (Å²) in [6.45, 7) is 1.41. The molecule has 8 nitrogen and oxygen atoms in total. The summed E-state index contributed by atoms with van der Waals surface area (Å²) in [4.78, 5) is 29.4. The van der Waals surface area contributed by atoms with Crippen molar-refractivity contribution >= 4 is 11.6 Å². The van der Waals surface area contributed by atoms with E-state index >= 15 is 0 Å². The number of rotatable bonds is 5. The summed E-state index contributed by atoms with van der Waals surface area (Å²) < 4.78 is 1.56. The third-order valence-electron chi connectivity index (χ3n) is 4.28. The van der Waals surface area contributed by atoms with Crippen molar-refractivity contribution < 1.29 is 9.72 Å². The zero-order chi connectivity index (χ0) is 17.1. The van der Waals surface area contributed by atoms with Crippen LogP contribution >= 0.6 is 0 Å². The third kappa shape index (κ3) is 3.00. The van der Waals surface area contributed by atoms with Gasteiger partial charge in [-0.2, -0.15) is 0 Å². The number of carbonyl (C=O) groups is 1. The van der Waals surface area contributed by atoms with Crippen molar-refractivity contribution in [3.8, 4) is 5.69 Å². The summed E-state index contributed by atoms with van der Waals surface area (Å²) >= 11 is 0. The Kier molecular flexibility index (Phi) is 4.57. The van der Waals surface area contributed by atoms with Crippen LogP contribution in [0.25, 0.3) is 5.69 Å². The summed E-state index contributed by atoms with van der Waals surface area (Å²) in [5, 5.41) is 14.5. The summed E-state index contributed by atoms with van der Waals surface area (Å²) in [6, 6.07) is 4.72. The van der Waals surface area contributed by atoms with Crippen LogP contribution in [0, 0.1) is 10.1 Å². The molecule has 1 aromatic heterocycles. The maximum Gasteiger partial charge on any atom is 0.294 e. The molecule has 1 saturated heterocycles. The van der Waals surface area contributed by atoms with Crippen molar-refractivity contribution in [2.75, 3.05) is 20.1 Å². The van der Waals surface area contributed by atoms with Crippen molar-refractivity contribution in [3.63, 3.8) is 0 Å². The number of benzene rings is 1. The van der Waals surface area contributed by atoms with Gasteiger partial charge in [0.25, 0.3) is 11.6 Å². The maximum atomic E-state index is 12.8. The molecule has 1 amide bonds. The Bertz CT molecular complexity index is 744. The quantitative estimate of drug-likeness (QED) is 0.664. The molecule has 1 aliphatic heterocycles. The molecule has 1 aromatic carbocycles. The second-order valence-corrected chi connectivity index (χ2v) is 5.78. The smallest absolute Gasteiger partial charge is 0.294 e. The van der Waals surface area contributed by atoms with E-state index in [1.54, 1.807) is 34.0 Å². The van der Waals surface area contributed by atoms with Crippen LogP contribution in [0.1, 0.15) is 23.2 Å². The fourth-order valence-corrected chi connectivity index (χ4v) is 3.14. The Balaban J connectivity index is 1.93. The molecule has 0 spiro atoms. The van der Waals surface area contributed by atoms with E-state index in [2.05, 4.69) is 10.3 Å². The number of hydrogen-bond donors (Lipinski definition) is 1. The molecule has 1 atom stereocenters. The van der Waals surface area contributed by atoms with Gasteiger partial charge in [0.2, 0.25) is 0 Å². The van der Waals surface area contributed by atoms with Crippen molar-refractivity contribution in [1.29, 1.82) is 0 Å². The number of nitrogens with zero attached hydrogens (tertiary/aromatic N) is 4. The van der Waals surface area contributed by atoms with Crippen LogP contribution in [0.5, 0.6) is 0 Å². The fourth-order valence-electron chi connectivity index (χ4n) is 3.14. The Morgan fingerprint density at radius 1 is 1.50 bits per heavy atom. The van der Waals surface area contributed by atoms with Crippen LogP contribution in [-0.2, 0) is 0 Å². The summed E-state index contributed by atoms with van der Waals surface area (Å²) in [6.07, 6.45) is 6.57. The first kappa shape index (κ1) is 16.1. The number of likely N-dealkylation sites (tertiary alicyclic amines) is 1. The van der Waals surface area contributed by atoms with Crippen molar-refractivity contribution in [2.45, 2.75) is 18.9 Å². The Hall–Kier alpha value is -2.74. The second kappa shape index (κ2) is 6.79. The van der Waals surface area contributed by atoms with E-state index in [1.165, 1.54) is 12.4 Å². The molecule has 0 radical (unpaired) electrons. The van der Waals surface area contributed by atoms with Gasteiger partial charge in [0.05, 0.1) is 11.3 Å². The molecule has 3 rings (SSSR count).